The number of aromatic nitrogens is 2. The quantitative estimate of drug-likeness (QED) is 0.889. The molecule has 5 nitrogen and oxygen atoms in total. The van der Waals surface area contributed by atoms with Crippen LogP contribution < -0.4 is 10.2 Å². The van der Waals surface area contributed by atoms with Crippen LogP contribution in [0, 0.1) is 11.3 Å². The number of hydrogen-bond donors (Lipinski definition) is 1. The van der Waals surface area contributed by atoms with Crippen molar-refractivity contribution in [2.45, 2.75) is 0 Å². The van der Waals surface area contributed by atoms with Gasteiger partial charge in [0.1, 0.15) is 5.82 Å². The van der Waals surface area contributed by atoms with Crippen molar-refractivity contribution in [2.24, 2.45) is 0 Å². The van der Waals surface area contributed by atoms with Crippen LogP contribution in [0.1, 0.15) is 5.56 Å². The molecule has 1 aromatic heterocycles. The molecule has 90 valence electrons. The Bertz CT molecular complexity index is 569. The largest absolute Gasteiger partial charge is 0.363 e. The smallest absolute Gasteiger partial charge is 0.229 e. The lowest BCUT2D eigenvalue weighted by Crippen LogP contribution is -2.11. The second kappa shape index (κ2) is 5.15. The Morgan fingerprint density at radius 2 is 1.89 bits per heavy atom. The zero-order chi connectivity index (χ0) is 13.0. The SMILES string of the molecule is CN(C)c1ccnc(Nc2ccc(C#N)cc2)n1. The summed E-state index contributed by atoms with van der Waals surface area (Å²) in [5, 5.41) is 11.8. The lowest BCUT2D eigenvalue weighted by Gasteiger charge is -2.12. The van der Waals surface area contributed by atoms with Crippen LogP contribution in [0.4, 0.5) is 17.5 Å². The molecule has 2 aromatic rings. The van der Waals surface area contributed by atoms with E-state index in [1.807, 2.05) is 37.2 Å². The maximum absolute atomic E-state index is 8.72. The van der Waals surface area contributed by atoms with Crippen molar-refractivity contribution in [3.63, 3.8) is 0 Å². The molecule has 0 bridgehead atoms. The van der Waals surface area contributed by atoms with Crippen LogP contribution in [0.2, 0.25) is 0 Å². The highest BCUT2D eigenvalue weighted by Crippen LogP contribution is 2.15. The van der Waals surface area contributed by atoms with E-state index in [0.717, 1.165) is 11.5 Å². The van der Waals surface area contributed by atoms with Crippen molar-refractivity contribution in [1.29, 1.82) is 5.26 Å². The van der Waals surface area contributed by atoms with Gasteiger partial charge in [-0.15, -0.1) is 0 Å². The molecular formula is C13H13N5. The first-order valence-electron chi connectivity index (χ1n) is 5.46. The van der Waals surface area contributed by atoms with Crippen molar-refractivity contribution in [2.75, 3.05) is 24.3 Å². The highest BCUT2D eigenvalue weighted by molar-refractivity contribution is 5.56. The fourth-order valence-corrected chi connectivity index (χ4v) is 1.42. The second-order valence-electron chi connectivity index (χ2n) is 3.95. The first-order valence-corrected chi connectivity index (χ1v) is 5.46. The average molecular weight is 239 g/mol. The lowest BCUT2D eigenvalue weighted by molar-refractivity contribution is 1.04. The van der Waals surface area contributed by atoms with E-state index < -0.39 is 0 Å². The van der Waals surface area contributed by atoms with E-state index in [0.29, 0.717) is 11.5 Å². The van der Waals surface area contributed by atoms with E-state index >= 15 is 0 Å². The summed E-state index contributed by atoms with van der Waals surface area (Å²) in [6.45, 7) is 0. The molecule has 2 rings (SSSR count). The van der Waals surface area contributed by atoms with Gasteiger partial charge in [-0.1, -0.05) is 0 Å². The third kappa shape index (κ3) is 2.74. The standard InChI is InChI=1S/C13H13N5/c1-18(2)12-7-8-15-13(17-12)16-11-5-3-10(9-14)4-6-11/h3-8H,1-2H3,(H,15,16,17). The molecule has 1 heterocycles. The average Bonchev–Trinajstić information content (AvgIpc) is 2.40. The number of nitrogens with zero attached hydrogens (tertiary/aromatic N) is 4. The number of hydrogen-bond acceptors (Lipinski definition) is 5. The van der Waals surface area contributed by atoms with Crippen LogP contribution in [-0.4, -0.2) is 24.1 Å². The van der Waals surface area contributed by atoms with E-state index in [2.05, 4.69) is 21.4 Å². The molecule has 5 heteroatoms. The van der Waals surface area contributed by atoms with Gasteiger partial charge in [-0.3, -0.25) is 0 Å². The Balaban J connectivity index is 2.18. The van der Waals surface area contributed by atoms with E-state index in [9.17, 15) is 0 Å². The minimum Gasteiger partial charge on any atom is -0.363 e. The molecule has 0 aliphatic carbocycles. The first-order chi connectivity index (χ1) is 8.69. The maximum atomic E-state index is 8.72. The van der Waals surface area contributed by atoms with Gasteiger partial charge in [0.05, 0.1) is 11.6 Å². The van der Waals surface area contributed by atoms with Crippen molar-refractivity contribution in [3.05, 3.63) is 42.1 Å². The Labute approximate surface area is 106 Å². The molecule has 18 heavy (non-hydrogen) atoms. The van der Waals surface area contributed by atoms with Crippen molar-refractivity contribution < 1.29 is 0 Å². The monoisotopic (exact) mass is 239 g/mol. The van der Waals surface area contributed by atoms with Crippen molar-refractivity contribution >= 4 is 17.5 Å². The van der Waals surface area contributed by atoms with Gasteiger partial charge in [0.15, 0.2) is 0 Å². The summed E-state index contributed by atoms with van der Waals surface area (Å²) in [6, 6.07) is 11.1. The van der Waals surface area contributed by atoms with Crippen molar-refractivity contribution in [3.8, 4) is 6.07 Å². The number of anilines is 3. The Morgan fingerprint density at radius 1 is 1.17 bits per heavy atom. The second-order valence-corrected chi connectivity index (χ2v) is 3.95. The minimum absolute atomic E-state index is 0.533. The third-order valence-corrected chi connectivity index (χ3v) is 2.37. The Hall–Kier alpha value is -2.61. The lowest BCUT2D eigenvalue weighted by atomic mass is 10.2. The summed E-state index contributed by atoms with van der Waals surface area (Å²) in [4.78, 5) is 10.4. The normalized spacial score (nSPS) is 9.61. The summed E-state index contributed by atoms with van der Waals surface area (Å²) >= 11 is 0. The summed E-state index contributed by atoms with van der Waals surface area (Å²) in [7, 11) is 3.85. The summed E-state index contributed by atoms with van der Waals surface area (Å²) < 4.78 is 0. The van der Waals surface area contributed by atoms with E-state index in [-0.39, 0.29) is 0 Å². The molecule has 0 aliphatic heterocycles. The maximum Gasteiger partial charge on any atom is 0.229 e. The molecule has 0 saturated carbocycles. The zero-order valence-corrected chi connectivity index (χ0v) is 10.3. The number of rotatable bonds is 3. The molecule has 1 N–H and O–H groups in total. The fourth-order valence-electron chi connectivity index (χ4n) is 1.42. The summed E-state index contributed by atoms with van der Waals surface area (Å²) in [5.41, 5.74) is 1.48. The topological polar surface area (TPSA) is 64.8 Å². The van der Waals surface area contributed by atoms with Gasteiger partial charge in [-0.2, -0.15) is 10.2 Å². The molecule has 1 aromatic carbocycles. The number of nitriles is 1. The van der Waals surface area contributed by atoms with Gasteiger partial charge in [-0.25, -0.2) is 4.98 Å². The summed E-state index contributed by atoms with van der Waals surface area (Å²) in [5.74, 6) is 1.37. The highest BCUT2D eigenvalue weighted by atomic mass is 15.2. The number of nitrogens with one attached hydrogen (secondary N) is 1. The van der Waals surface area contributed by atoms with Crippen LogP contribution >= 0.6 is 0 Å². The summed E-state index contributed by atoms with van der Waals surface area (Å²) in [6.07, 6.45) is 1.70. The van der Waals surface area contributed by atoms with Gasteiger partial charge in [0.25, 0.3) is 0 Å². The van der Waals surface area contributed by atoms with Crippen LogP contribution in [0.15, 0.2) is 36.5 Å². The molecule has 0 saturated heterocycles. The number of benzene rings is 1. The zero-order valence-electron chi connectivity index (χ0n) is 10.3. The third-order valence-electron chi connectivity index (χ3n) is 2.37. The molecular weight excluding hydrogens is 226 g/mol. The molecule has 0 radical (unpaired) electrons. The van der Waals surface area contributed by atoms with Gasteiger partial charge in [0.2, 0.25) is 5.95 Å². The Morgan fingerprint density at radius 3 is 2.50 bits per heavy atom. The predicted octanol–water partition coefficient (Wildman–Crippen LogP) is 2.16. The van der Waals surface area contributed by atoms with Crippen LogP contribution in [0.25, 0.3) is 0 Å². The van der Waals surface area contributed by atoms with Gasteiger partial charge >= 0.3 is 0 Å². The van der Waals surface area contributed by atoms with Crippen LogP contribution in [0.3, 0.4) is 0 Å². The van der Waals surface area contributed by atoms with Crippen LogP contribution in [-0.2, 0) is 0 Å². The predicted molar refractivity (Wildman–Crippen MR) is 70.8 cm³/mol. The fraction of sp³-hybridized carbons (Fsp3) is 0.154. The van der Waals surface area contributed by atoms with E-state index in [4.69, 9.17) is 5.26 Å². The van der Waals surface area contributed by atoms with Gasteiger partial charge < -0.3 is 10.2 Å². The van der Waals surface area contributed by atoms with Gasteiger partial charge in [0, 0.05) is 26.0 Å². The van der Waals surface area contributed by atoms with E-state index in [1.165, 1.54) is 0 Å². The van der Waals surface area contributed by atoms with Crippen LogP contribution in [0.5, 0.6) is 0 Å². The van der Waals surface area contributed by atoms with Crippen molar-refractivity contribution in [1.82, 2.24) is 9.97 Å². The molecule has 0 aliphatic rings. The Kier molecular flexibility index (Phi) is 3.39. The molecule has 0 fully saturated rings. The highest BCUT2D eigenvalue weighted by Gasteiger charge is 2.01. The molecule has 0 atom stereocenters. The van der Waals surface area contributed by atoms with Gasteiger partial charge in [-0.05, 0) is 30.3 Å². The molecule has 0 unspecified atom stereocenters. The first kappa shape index (κ1) is 11.9. The van der Waals surface area contributed by atoms with E-state index in [1.54, 1.807) is 18.3 Å². The molecule has 0 spiro atoms. The minimum atomic E-state index is 0.533. The molecule has 0 amide bonds.